The Kier molecular flexibility index (Phi) is 3.19. The van der Waals surface area contributed by atoms with Crippen LogP contribution in [-0.4, -0.2) is 17.5 Å². The number of nitrogens with two attached hydrogens (primary N) is 1. The second-order valence-corrected chi connectivity index (χ2v) is 1.95. The maximum atomic E-state index is 8.20. The van der Waals surface area contributed by atoms with Crippen molar-refractivity contribution in [2.24, 2.45) is 16.8 Å². The maximum absolute atomic E-state index is 8.20. The Morgan fingerprint density at radius 3 is 2.25 bits per heavy atom. The molecular formula is C5H12N2O. The molecule has 0 spiro atoms. The summed E-state index contributed by atoms with van der Waals surface area (Å²) < 4.78 is 0. The first-order valence-corrected chi connectivity index (χ1v) is 2.63. The van der Waals surface area contributed by atoms with Crippen LogP contribution in [-0.2, 0) is 0 Å². The van der Waals surface area contributed by atoms with E-state index in [-0.39, 0.29) is 5.92 Å². The molecule has 0 saturated carbocycles. The first-order chi connectivity index (χ1) is 3.72. The van der Waals surface area contributed by atoms with Gasteiger partial charge in [-0.25, -0.2) is 0 Å². The number of nitrogens with zero attached hydrogens (tertiary/aromatic N) is 1. The number of hydrogen-bond acceptors (Lipinski definition) is 3. The molecule has 0 aliphatic carbocycles. The zero-order chi connectivity index (χ0) is 6.57. The molecule has 0 unspecified atom stereocenters. The topological polar surface area (TPSA) is 58.6 Å². The van der Waals surface area contributed by atoms with Gasteiger partial charge in [0.2, 0.25) is 0 Å². The normalized spacial score (nSPS) is 12.8. The van der Waals surface area contributed by atoms with E-state index in [0.717, 1.165) is 0 Å². The molecule has 0 aromatic carbocycles. The van der Waals surface area contributed by atoms with E-state index in [0.29, 0.717) is 12.3 Å². The van der Waals surface area contributed by atoms with Crippen molar-refractivity contribution in [3.63, 3.8) is 0 Å². The van der Waals surface area contributed by atoms with Crippen LogP contribution in [0.1, 0.15) is 13.8 Å². The molecule has 0 aromatic rings. The molecule has 0 heterocycles. The van der Waals surface area contributed by atoms with Crippen LogP contribution < -0.4 is 5.73 Å². The van der Waals surface area contributed by atoms with Gasteiger partial charge < -0.3 is 10.9 Å². The monoisotopic (exact) mass is 116 g/mol. The highest BCUT2D eigenvalue weighted by atomic mass is 16.4. The second kappa shape index (κ2) is 3.43. The number of hydrogen-bond donors (Lipinski definition) is 2. The maximum Gasteiger partial charge on any atom is 0.0731 e. The average molecular weight is 116 g/mol. The molecule has 0 atom stereocenters. The standard InChI is InChI=1S/C5H12N2O/c1-4(2)5(3-6)7-8/h4,8H,3,6H2,1-2H3/b7-5-. The lowest BCUT2D eigenvalue weighted by molar-refractivity contribution is 0.315. The van der Waals surface area contributed by atoms with Crippen LogP contribution in [0.25, 0.3) is 0 Å². The van der Waals surface area contributed by atoms with Crippen molar-refractivity contribution >= 4 is 5.71 Å². The molecule has 0 bridgehead atoms. The number of oxime groups is 1. The van der Waals surface area contributed by atoms with Gasteiger partial charge in [-0.15, -0.1) is 0 Å². The van der Waals surface area contributed by atoms with E-state index in [9.17, 15) is 0 Å². The van der Waals surface area contributed by atoms with Gasteiger partial charge in [0.25, 0.3) is 0 Å². The Hall–Kier alpha value is -0.570. The Morgan fingerprint density at radius 2 is 2.25 bits per heavy atom. The van der Waals surface area contributed by atoms with Gasteiger partial charge in [0.1, 0.15) is 0 Å². The third-order valence-electron chi connectivity index (χ3n) is 1.00. The third-order valence-corrected chi connectivity index (χ3v) is 1.00. The first kappa shape index (κ1) is 7.43. The summed E-state index contributed by atoms with van der Waals surface area (Å²) in [5, 5.41) is 11.2. The lowest BCUT2D eigenvalue weighted by Crippen LogP contribution is -2.19. The van der Waals surface area contributed by atoms with Crippen molar-refractivity contribution in [1.29, 1.82) is 0 Å². The van der Waals surface area contributed by atoms with Gasteiger partial charge in [-0.1, -0.05) is 19.0 Å². The molecule has 0 rings (SSSR count). The SMILES string of the molecule is CC(C)/C(CN)=N\O. The lowest BCUT2D eigenvalue weighted by atomic mass is 10.1. The molecular weight excluding hydrogens is 104 g/mol. The fraction of sp³-hybridized carbons (Fsp3) is 0.800. The molecule has 8 heavy (non-hydrogen) atoms. The van der Waals surface area contributed by atoms with Crippen LogP contribution in [0.3, 0.4) is 0 Å². The van der Waals surface area contributed by atoms with Crippen molar-refractivity contribution in [1.82, 2.24) is 0 Å². The van der Waals surface area contributed by atoms with Crippen LogP contribution in [0.5, 0.6) is 0 Å². The molecule has 0 saturated heterocycles. The van der Waals surface area contributed by atoms with E-state index >= 15 is 0 Å². The predicted molar refractivity (Wildman–Crippen MR) is 33.1 cm³/mol. The summed E-state index contributed by atoms with van der Waals surface area (Å²) in [5.74, 6) is 0.255. The van der Waals surface area contributed by atoms with Gasteiger partial charge in [-0.3, -0.25) is 0 Å². The Labute approximate surface area is 49.2 Å². The molecule has 0 aromatic heterocycles. The van der Waals surface area contributed by atoms with Gasteiger partial charge in [0.05, 0.1) is 5.71 Å². The minimum absolute atomic E-state index is 0.255. The Bertz CT molecular complexity index is 88.4. The zero-order valence-corrected chi connectivity index (χ0v) is 5.26. The van der Waals surface area contributed by atoms with Crippen LogP contribution in [0.2, 0.25) is 0 Å². The highest BCUT2D eigenvalue weighted by molar-refractivity contribution is 5.87. The first-order valence-electron chi connectivity index (χ1n) is 2.63. The summed E-state index contributed by atoms with van der Waals surface area (Å²) >= 11 is 0. The fourth-order valence-corrected chi connectivity index (χ4v) is 0.392. The summed E-state index contributed by atoms with van der Waals surface area (Å²) in [5.41, 5.74) is 5.84. The smallest absolute Gasteiger partial charge is 0.0731 e. The molecule has 0 aliphatic rings. The van der Waals surface area contributed by atoms with Crippen molar-refractivity contribution in [2.75, 3.05) is 6.54 Å². The molecule has 3 N–H and O–H groups in total. The van der Waals surface area contributed by atoms with Gasteiger partial charge in [-0.05, 0) is 5.92 Å². The van der Waals surface area contributed by atoms with Crippen molar-refractivity contribution < 1.29 is 5.21 Å². The molecule has 3 nitrogen and oxygen atoms in total. The second-order valence-electron chi connectivity index (χ2n) is 1.95. The fourth-order valence-electron chi connectivity index (χ4n) is 0.392. The molecule has 0 amide bonds. The average Bonchev–Trinajstić information content (AvgIpc) is 1.69. The van der Waals surface area contributed by atoms with Crippen LogP contribution >= 0.6 is 0 Å². The van der Waals surface area contributed by atoms with E-state index in [1.807, 2.05) is 13.8 Å². The molecule has 0 aliphatic heterocycles. The highest BCUT2D eigenvalue weighted by Crippen LogP contribution is 1.93. The van der Waals surface area contributed by atoms with E-state index in [4.69, 9.17) is 10.9 Å². The van der Waals surface area contributed by atoms with Crippen molar-refractivity contribution in [3.05, 3.63) is 0 Å². The lowest BCUT2D eigenvalue weighted by Gasteiger charge is -2.01. The molecule has 0 fully saturated rings. The van der Waals surface area contributed by atoms with E-state index in [1.54, 1.807) is 0 Å². The van der Waals surface area contributed by atoms with Gasteiger partial charge in [-0.2, -0.15) is 0 Å². The number of rotatable bonds is 2. The highest BCUT2D eigenvalue weighted by Gasteiger charge is 2.00. The molecule has 48 valence electrons. The van der Waals surface area contributed by atoms with E-state index in [1.165, 1.54) is 0 Å². The summed E-state index contributed by atoms with van der Waals surface area (Å²) in [6.07, 6.45) is 0. The largest absolute Gasteiger partial charge is 0.411 e. The van der Waals surface area contributed by atoms with E-state index < -0.39 is 0 Å². The minimum atomic E-state index is 0.255. The van der Waals surface area contributed by atoms with Gasteiger partial charge in [0.15, 0.2) is 0 Å². The third kappa shape index (κ3) is 1.93. The van der Waals surface area contributed by atoms with Gasteiger partial charge >= 0.3 is 0 Å². The van der Waals surface area contributed by atoms with Crippen molar-refractivity contribution in [3.8, 4) is 0 Å². The van der Waals surface area contributed by atoms with Crippen LogP contribution in [0, 0.1) is 5.92 Å². The van der Waals surface area contributed by atoms with Crippen LogP contribution in [0.4, 0.5) is 0 Å². The van der Waals surface area contributed by atoms with Crippen LogP contribution in [0.15, 0.2) is 5.16 Å². The summed E-state index contributed by atoms with van der Waals surface area (Å²) in [4.78, 5) is 0. The Balaban J connectivity index is 3.72. The quantitative estimate of drug-likeness (QED) is 0.312. The summed E-state index contributed by atoms with van der Waals surface area (Å²) in [6, 6.07) is 0. The minimum Gasteiger partial charge on any atom is -0.411 e. The molecule has 0 radical (unpaired) electrons. The zero-order valence-electron chi connectivity index (χ0n) is 5.26. The van der Waals surface area contributed by atoms with Crippen molar-refractivity contribution in [2.45, 2.75) is 13.8 Å². The summed E-state index contributed by atoms with van der Waals surface area (Å²) in [7, 11) is 0. The summed E-state index contributed by atoms with van der Waals surface area (Å²) in [6.45, 7) is 4.21. The van der Waals surface area contributed by atoms with Gasteiger partial charge in [0, 0.05) is 6.54 Å². The molecule has 3 heteroatoms. The Morgan fingerprint density at radius 1 is 1.75 bits per heavy atom. The van der Waals surface area contributed by atoms with E-state index in [2.05, 4.69) is 5.16 Å². The predicted octanol–water partition coefficient (Wildman–Crippen LogP) is 0.431.